The van der Waals surface area contributed by atoms with Gasteiger partial charge in [-0.2, -0.15) is 0 Å². The summed E-state index contributed by atoms with van der Waals surface area (Å²) in [7, 11) is 1.72. The Balaban J connectivity index is 1.59. The highest BCUT2D eigenvalue weighted by molar-refractivity contribution is 7.16. The van der Waals surface area contributed by atoms with Gasteiger partial charge in [0.2, 0.25) is 0 Å². The van der Waals surface area contributed by atoms with Crippen molar-refractivity contribution >= 4 is 27.4 Å². The number of anilines is 1. The fourth-order valence-electron chi connectivity index (χ4n) is 3.48. The molecule has 1 unspecified atom stereocenters. The smallest absolute Gasteiger partial charge is 0.138 e. The van der Waals surface area contributed by atoms with Crippen LogP contribution >= 0.6 is 11.3 Å². The summed E-state index contributed by atoms with van der Waals surface area (Å²) < 4.78 is 5.42. The van der Waals surface area contributed by atoms with Crippen LogP contribution in [0.15, 0.2) is 42.0 Å². The van der Waals surface area contributed by atoms with E-state index in [9.17, 15) is 0 Å². The third kappa shape index (κ3) is 3.45. The Morgan fingerprint density at radius 2 is 2.12 bits per heavy atom. The van der Waals surface area contributed by atoms with Gasteiger partial charge in [0.15, 0.2) is 0 Å². The third-order valence-corrected chi connectivity index (χ3v) is 5.61. The maximum absolute atomic E-state index is 5.42. The van der Waals surface area contributed by atoms with Crippen LogP contribution in [0.5, 0.6) is 5.75 Å². The Bertz CT molecular complexity index is 844. The normalized spacial score (nSPS) is 16.2. The number of hydrogen-bond acceptors (Lipinski definition) is 6. The van der Waals surface area contributed by atoms with Crippen molar-refractivity contribution in [2.75, 3.05) is 32.1 Å². The van der Waals surface area contributed by atoms with E-state index in [2.05, 4.69) is 49.8 Å². The molecule has 0 aliphatic carbocycles. The molecule has 1 atom stereocenters. The van der Waals surface area contributed by atoms with Gasteiger partial charge >= 0.3 is 0 Å². The molecule has 0 radical (unpaired) electrons. The molecule has 1 fully saturated rings. The zero-order valence-electron chi connectivity index (χ0n) is 14.3. The molecule has 1 aliphatic rings. The quantitative estimate of drug-likeness (QED) is 0.726. The second-order valence-corrected chi connectivity index (χ2v) is 7.17. The molecule has 25 heavy (non-hydrogen) atoms. The molecule has 0 saturated carbocycles. The first-order valence-electron chi connectivity index (χ1n) is 8.65. The maximum atomic E-state index is 5.42. The van der Waals surface area contributed by atoms with Gasteiger partial charge in [-0.05, 0) is 55.1 Å². The van der Waals surface area contributed by atoms with Crippen molar-refractivity contribution in [1.29, 1.82) is 0 Å². The summed E-state index contributed by atoms with van der Waals surface area (Å²) in [5.74, 6) is 1.82. The van der Waals surface area contributed by atoms with Gasteiger partial charge in [-0.25, -0.2) is 9.97 Å². The molecule has 0 spiro atoms. The molecule has 3 heterocycles. The first-order valence-corrected chi connectivity index (χ1v) is 9.53. The number of likely N-dealkylation sites (tertiary alicyclic amines) is 1. The zero-order valence-corrected chi connectivity index (χ0v) is 15.1. The maximum Gasteiger partial charge on any atom is 0.138 e. The number of hydrogen-bond donors (Lipinski definition) is 1. The van der Waals surface area contributed by atoms with Crippen LogP contribution in [-0.4, -0.2) is 41.6 Å². The summed E-state index contributed by atoms with van der Waals surface area (Å²) in [6, 6.07) is 10.8. The molecule has 1 aromatic carbocycles. The van der Waals surface area contributed by atoms with E-state index in [-0.39, 0.29) is 0 Å². The summed E-state index contributed by atoms with van der Waals surface area (Å²) >= 11 is 1.64. The van der Waals surface area contributed by atoms with E-state index in [1.807, 2.05) is 6.07 Å². The molecule has 130 valence electrons. The fourth-order valence-corrected chi connectivity index (χ4v) is 4.22. The number of fused-ring (bicyclic) bond motifs is 1. The Morgan fingerprint density at radius 3 is 2.96 bits per heavy atom. The third-order valence-electron chi connectivity index (χ3n) is 4.78. The highest BCUT2D eigenvalue weighted by Crippen LogP contribution is 2.29. The van der Waals surface area contributed by atoms with Crippen molar-refractivity contribution < 1.29 is 4.74 Å². The average molecular weight is 354 g/mol. The summed E-state index contributed by atoms with van der Waals surface area (Å²) in [5.41, 5.74) is 1.28. The lowest BCUT2D eigenvalue weighted by Crippen LogP contribution is -2.31. The molecule has 1 saturated heterocycles. The number of rotatable bonds is 6. The van der Waals surface area contributed by atoms with Crippen LogP contribution in [-0.2, 0) is 0 Å². The topological polar surface area (TPSA) is 50.3 Å². The minimum atomic E-state index is 0.307. The van der Waals surface area contributed by atoms with Crippen LogP contribution < -0.4 is 10.1 Å². The van der Waals surface area contributed by atoms with Gasteiger partial charge in [-0.15, -0.1) is 11.3 Å². The van der Waals surface area contributed by atoms with Gasteiger partial charge in [-0.3, -0.25) is 4.90 Å². The summed E-state index contributed by atoms with van der Waals surface area (Å²) in [6.07, 6.45) is 4.17. The zero-order chi connectivity index (χ0) is 17.1. The molecule has 4 rings (SSSR count). The van der Waals surface area contributed by atoms with E-state index < -0.39 is 0 Å². The minimum absolute atomic E-state index is 0.307. The van der Waals surface area contributed by atoms with E-state index in [4.69, 9.17) is 4.74 Å². The SMILES string of the molecule is COc1cccc(C(CNc2ncnc3sccc23)N2CCCC2)c1. The first-order chi connectivity index (χ1) is 12.3. The monoisotopic (exact) mass is 354 g/mol. The molecule has 5 nitrogen and oxygen atoms in total. The predicted octanol–water partition coefficient (Wildman–Crippen LogP) is 3.95. The molecule has 0 bridgehead atoms. The Kier molecular flexibility index (Phi) is 4.81. The van der Waals surface area contributed by atoms with Crippen molar-refractivity contribution in [3.8, 4) is 5.75 Å². The number of nitrogens with one attached hydrogen (secondary N) is 1. The number of ether oxygens (including phenoxy) is 1. The molecule has 0 amide bonds. The summed E-state index contributed by atoms with van der Waals surface area (Å²) in [5, 5.41) is 6.72. The van der Waals surface area contributed by atoms with Crippen LogP contribution in [0.3, 0.4) is 0 Å². The Morgan fingerprint density at radius 1 is 1.24 bits per heavy atom. The molecule has 6 heteroatoms. The number of thiophene rings is 1. The molecule has 1 aliphatic heterocycles. The van der Waals surface area contributed by atoms with Crippen molar-refractivity contribution in [2.45, 2.75) is 18.9 Å². The molecular formula is C19H22N4OS. The highest BCUT2D eigenvalue weighted by Gasteiger charge is 2.24. The number of aromatic nitrogens is 2. The number of methoxy groups -OCH3 is 1. The van der Waals surface area contributed by atoms with Crippen molar-refractivity contribution in [3.05, 3.63) is 47.6 Å². The van der Waals surface area contributed by atoms with Crippen molar-refractivity contribution in [1.82, 2.24) is 14.9 Å². The lowest BCUT2D eigenvalue weighted by molar-refractivity contribution is 0.255. The van der Waals surface area contributed by atoms with Crippen molar-refractivity contribution in [3.63, 3.8) is 0 Å². The van der Waals surface area contributed by atoms with E-state index in [1.165, 1.54) is 18.4 Å². The lowest BCUT2D eigenvalue weighted by atomic mass is 10.0. The largest absolute Gasteiger partial charge is 0.497 e. The van der Waals surface area contributed by atoms with Crippen LogP contribution in [0.1, 0.15) is 24.4 Å². The van der Waals surface area contributed by atoms with E-state index in [0.29, 0.717) is 6.04 Å². The first kappa shape index (κ1) is 16.3. The molecule has 2 aromatic heterocycles. The van der Waals surface area contributed by atoms with Gasteiger partial charge in [-0.1, -0.05) is 12.1 Å². The minimum Gasteiger partial charge on any atom is -0.497 e. The predicted molar refractivity (Wildman–Crippen MR) is 102 cm³/mol. The number of benzene rings is 1. The van der Waals surface area contributed by atoms with E-state index >= 15 is 0 Å². The second-order valence-electron chi connectivity index (χ2n) is 6.28. The van der Waals surface area contributed by atoms with Gasteiger partial charge in [0.05, 0.1) is 18.5 Å². The van der Waals surface area contributed by atoms with Gasteiger partial charge in [0.1, 0.15) is 22.7 Å². The van der Waals surface area contributed by atoms with Crippen LogP contribution in [0.2, 0.25) is 0 Å². The average Bonchev–Trinajstić information content (AvgIpc) is 3.34. The van der Waals surface area contributed by atoms with Crippen LogP contribution in [0, 0.1) is 0 Å². The fraction of sp³-hybridized carbons (Fsp3) is 0.368. The van der Waals surface area contributed by atoms with Gasteiger partial charge < -0.3 is 10.1 Å². The summed E-state index contributed by atoms with van der Waals surface area (Å²) in [6.45, 7) is 3.09. The molecule has 1 N–H and O–H groups in total. The second kappa shape index (κ2) is 7.37. The lowest BCUT2D eigenvalue weighted by Gasteiger charge is -2.28. The van der Waals surface area contributed by atoms with Gasteiger partial charge in [0, 0.05) is 6.54 Å². The van der Waals surface area contributed by atoms with Crippen LogP contribution in [0.25, 0.3) is 10.2 Å². The Labute approximate surface area is 151 Å². The standard InChI is InChI=1S/C19H22N4OS/c1-24-15-6-4-5-14(11-15)17(23-8-2-3-9-23)12-20-18-16-7-10-25-19(16)22-13-21-18/h4-7,10-11,13,17H,2-3,8-9,12H2,1H3,(H,20,21,22). The van der Waals surface area contributed by atoms with E-state index in [0.717, 1.165) is 41.4 Å². The highest BCUT2D eigenvalue weighted by atomic mass is 32.1. The summed E-state index contributed by atoms with van der Waals surface area (Å²) in [4.78, 5) is 12.3. The van der Waals surface area contributed by atoms with E-state index in [1.54, 1.807) is 24.8 Å². The van der Waals surface area contributed by atoms with Crippen molar-refractivity contribution in [2.24, 2.45) is 0 Å². The van der Waals surface area contributed by atoms with Gasteiger partial charge in [0.25, 0.3) is 0 Å². The number of nitrogens with zero attached hydrogens (tertiary/aromatic N) is 3. The van der Waals surface area contributed by atoms with Crippen LogP contribution in [0.4, 0.5) is 5.82 Å². The Hall–Kier alpha value is -2.18. The molecular weight excluding hydrogens is 332 g/mol. The molecule has 3 aromatic rings.